The summed E-state index contributed by atoms with van der Waals surface area (Å²) in [5.74, 6) is 0. The van der Waals surface area contributed by atoms with Gasteiger partial charge in [0, 0.05) is 175 Å². The van der Waals surface area contributed by atoms with Crippen LogP contribution in [0.25, 0.3) is 0 Å². The number of aliphatic imine (C=N–C) groups is 8. The summed E-state index contributed by atoms with van der Waals surface area (Å²) < 4.78 is 0. The Balaban J connectivity index is -0.0000000103. The van der Waals surface area contributed by atoms with Crippen molar-refractivity contribution in [3.05, 3.63) is 21.8 Å². The predicted molar refractivity (Wildman–Crippen MR) is 404 cm³/mol. The summed E-state index contributed by atoms with van der Waals surface area (Å²) in [5, 5.41) is 42.0. The quantitative estimate of drug-likeness (QED) is 0.0696. The molecule has 0 aromatic heterocycles. The van der Waals surface area contributed by atoms with E-state index >= 15 is 0 Å². The van der Waals surface area contributed by atoms with Gasteiger partial charge in [0.25, 0.3) is 0 Å². The van der Waals surface area contributed by atoms with Crippen LogP contribution in [0.3, 0.4) is 0 Å². The first kappa shape index (κ1) is 291. The van der Waals surface area contributed by atoms with E-state index < -0.39 is 0 Å². The Labute approximate surface area is 731 Å². The van der Waals surface area contributed by atoms with Gasteiger partial charge in [-0.1, -0.05) is 0 Å². The Kier molecular flexibility index (Phi) is 2220. The molecule has 0 aromatic carbocycles. The number of rotatable bonds is 12. The fraction of sp³-hybridized carbons (Fsp3) is 0.492. The second-order valence-corrected chi connectivity index (χ2v) is 11.1. The van der Waals surface area contributed by atoms with Crippen LogP contribution < -0.4 is 0 Å². The average molecular weight is 2010 g/mol. The van der Waals surface area contributed by atoms with Crippen LogP contribution >= 0.6 is 0 Å². The van der Waals surface area contributed by atoms with Gasteiger partial charge in [0.2, 0.25) is 0 Å². The standard InChI is InChI=1S/4C8H16N2.C2H5.6CH4O.21CHO.2CH3.2Co.3Mn.3Ru/c4*1-7(2)9-5-6-10-8(3)4;28*1-2;;;;;;;;;;/h4*5-8H,1-4H3;1H2,2H3;6*2H,1H3;21*1H;2*1H3;;;;;;;;/q;;;;-1;;;;;;;23*-1;2*+2;;;2*+2;2*+3. The molecule has 7 radical (unpaired) electrons. The molecule has 6 N–H and O–H groups in total. The van der Waals surface area contributed by atoms with Crippen LogP contribution in [0, 0.1) is 21.8 Å². The average Bonchev–Trinajstić information content (AvgIpc) is 3.70. The third-order valence-corrected chi connectivity index (χ3v) is 3.34. The Hall–Kier alpha value is -5.37. The number of aliphatic hydroxyl groups is 6. The van der Waals surface area contributed by atoms with Crippen molar-refractivity contribution in [2.75, 3.05) is 42.7 Å². The number of aliphatic hydroxyl groups excluding tert-OH is 6. The smallest absolute Gasteiger partial charge is 0.545 e. The molecule has 35 nitrogen and oxygen atoms in total. The van der Waals surface area contributed by atoms with E-state index in [9.17, 15) is 0 Å². The van der Waals surface area contributed by atoms with Crippen molar-refractivity contribution in [1.82, 2.24) is 0 Å². The Morgan fingerprint density at radius 3 is 0.245 bits per heavy atom. The topological polar surface area (TPSA) is 579 Å². The van der Waals surface area contributed by atoms with Gasteiger partial charge >= 0.3 is 109 Å². The first-order valence-electron chi connectivity index (χ1n) is 23.0. The molecule has 43 heteroatoms. The van der Waals surface area contributed by atoms with Crippen LogP contribution in [0.2, 0.25) is 0 Å². The molecule has 0 atom stereocenters. The number of hydrogen-bond donors (Lipinski definition) is 6. The predicted octanol–water partition coefficient (Wildman–Crippen LogP) is 1.40. The van der Waals surface area contributed by atoms with Gasteiger partial charge in [0.15, 0.2) is 0 Å². The summed E-state index contributed by atoms with van der Waals surface area (Å²) >= 11 is 0. The van der Waals surface area contributed by atoms with Gasteiger partial charge in [-0.2, -0.15) is 6.92 Å². The zero-order chi connectivity index (χ0) is 87.9. The van der Waals surface area contributed by atoms with Gasteiger partial charge in [-0.25, -0.2) is 0 Å². The van der Waals surface area contributed by atoms with Crippen LogP contribution in [0.4, 0.5) is 0 Å². The van der Waals surface area contributed by atoms with Crippen LogP contribution in [-0.2, 0) is 244 Å². The van der Waals surface area contributed by atoms with E-state index in [4.69, 9.17) is 131 Å². The summed E-state index contributed by atoms with van der Waals surface area (Å²) in [5.41, 5.74) is 0. The molecule has 0 aromatic rings. The minimum absolute atomic E-state index is 0. The Morgan fingerprint density at radius 1 is 0.198 bits per heavy atom. The van der Waals surface area contributed by atoms with E-state index in [0.717, 1.165) is 42.7 Å². The van der Waals surface area contributed by atoms with Crippen molar-refractivity contribution in [2.45, 2.75) is 166 Å². The monoisotopic (exact) mass is 2010 g/mol. The van der Waals surface area contributed by atoms with Crippen LogP contribution in [0.15, 0.2) is 39.9 Å². The second kappa shape index (κ2) is 808. The minimum atomic E-state index is 0. The normalized spacial score (nSPS) is 6.09. The molecule has 0 aliphatic heterocycles. The molecule has 0 bridgehead atoms. The van der Waals surface area contributed by atoms with E-state index in [1.807, 2.05) is 111 Å². The van der Waals surface area contributed by atoms with Crippen molar-refractivity contribution >= 4 is 192 Å². The first-order valence-corrected chi connectivity index (χ1v) is 23.0. The summed E-state index contributed by atoms with van der Waals surface area (Å²) in [6.45, 7) is 106. The van der Waals surface area contributed by atoms with Gasteiger partial charge in [0.1, 0.15) is 0 Å². The van der Waals surface area contributed by atoms with Crippen molar-refractivity contribution in [2.24, 2.45) is 39.9 Å². The third-order valence-electron chi connectivity index (χ3n) is 3.34. The van der Waals surface area contributed by atoms with Gasteiger partial charge in [0.05, 0.1) is 0 Å². The SMILES string of the molecule is CC(C)N=CC=NC(C)C.CC(C)N=CC=NC(C)C.CC(C)N=CC=NC(C)C.CC(C)N=CC=NC(C)C.CO.CO.CO.CO.CO.CO.[CH-]=O.[CH-]=O.[CH-]=O.[CH-]=O.[CH-]=O.[CH-]=O.[CH-]=O.[CH-]=O.[CH-]=O.[CH-]=O.[CH-]=O.[CH-]=O.[CH-]=O.[CH-]=O.[CH-]=O.[CH-]=O.[CH-]=O.[CH-]=O.[CH-]=O.[CH-]=O.[CH-]=O.[CH2-]C.[CH3-].[CH3-].[Co+2].[Co+2].[Mn+2].[Mn].[Mn].[Ru+2].[Ru+3].[Ru+3]. The fourth-order valence-electron chi connectivity index (χ4n) is 1.68. The minimum Gasteiger partial charge on any atom is -0.545 e. The molecule has 647 valence electrons. The van der Waals surface area contributed by atoms with Crippen LogP contribution in [0.1, 0.15) is 118 Å². The maximum absolute atomic E-state index is 7.75. The number of carbonyl (C=O) groups excluding carboxylic acids is 21. The summed E-state index contributed by atoms with van der Waals surface area (Å²) in [7, 11) is 6.00. The molecule has 0 amide bonds. The van der Waals surface area contributed by atoms with Crippen LogP contribution in [-0.4, -0.2) is 314 Å². The van der Waals surface area contributed by atoms with E-state index in [1.165, 1.54) is 0 Å². The summed E-state index contributed by atoms with van der Waals surface area (Å²) in [6, 6.07) is 2.99. The van der Waals surface area contributed by atoms with Crippen molar-refractivity contribution in [3.63, 3.8) is 0 Å². The zero-order valence-corrected chi connectivity index (χ0v) is 75.6. The van der Waals surface area contributed by atoms with Crippen LogP contribution in [0.5, 0.6) is 0 Å². The molecule has 106 heavy (non-hydrogen) atoms. The van der Waals surface area contributed by atoms with Crippen molar-refractivity contribution in [3.8, 4) is 0 Å². The maximum Gasteiger partial charge on any atom is 3.00 e. The van der Waals surface area contributed by atoms with Crippen molar-refractivity contribution < 1.29 is 275 Å². The van der Waals surface area contributed by atoms with Gasteiger partial charge in [-0.3, -0.25) is 183 Å². The molecule has 0 heterocycles. The van der Waals surface area contributed by atoms with E-state index in [0.29, 0.717) is 48.3 Å². The third kappa shape index (κ3) is 1840. The summed E-state index contributed by atoms with van der Waals surface area (Å²) in [4.78, 5) is 196. The molecule has 0 spiro atoms. The molecule has 0 aliphatic carbocycles. The zero-order valence-electron chi connectivity index (χ0n) is 64.8. The van der Waals surface area contributed by atoms with Gasteiger partial charge in [-0.15, -0.1) is 0 Å². The molecular formula is C63H120Co2Mn3N8O27Ru3-10. The molecule has 0 rings (SSSR count). The molecule has 0 saturated heterocycles. The Morgan fingerprint density at radius 2 is 0.226 bits per heavy atom. The number of nitrogens with zero attached hydrogens (tertiary/aromatic N) is 8. The van der Waals surface area contributed by atoms with E-state index in [-0.39, 0.29) is 158 Å². The van der Waals surface area contributed by atoms with Crippen molar-refractivity contribution in [1.29, 1.82) is 0 Å². The molecule has 0 unspecified atom stereocenters. The molecule has 0 aliphatic rings. The van der Waals surface area contributed by atoms with E-state index in [2.05, 4.69) is 189 Å². The summed E-state index contributed by atoms with van der Waals surface area (Å²) in [6.07, 6.45) is 14.0. The van der Waals surface area contributed by atoms with Gasteiger partial charge < -0.3 is 153 Å². The molecule has 0 fully saturated rings. The largest absolute Gasteiger partial charge is 3.00 e. The molecule has 0 saturated carbocycles. The maximum atomic E-state index is 7.75. The second-order valence-electron chi connectivity index (χ2n) is 11.1. The first-order chi connectivity index (χ1) is 46.5. The van der Waals surface area contributed by atoms with E-state index in [1.54, 1.807) is 56.6 Å². The fourth-order valence-corrected chi connectivity index (χ4v) is 1.68. The number of hydrogen-bond acceptors (Lipinski definition) is 35. The Bertz CT molecular complexity index is 930. The molecular weight excluding hydrogens is 1890 g/mol. The van der Waals surface area contributed by atoms with Gasteiger partial charge in [-0.05, 0) is 111 Å².